The normalized spacial score (nSPS) is 20.9. The SMILES string of the molecule is CN1C(OS(C)(=O)=O)CC[C@H]1COc1cc(-c2ccc3c(c2)ncn3C2CCCCC2)c2nc[nH]c2c1C(N)=O. The molecular weight excluding hydrogens is 532 g/mol. The van der Waals surface area contributed by atoms with Gasteiger partial charge in [-0.25, -0.2) is 9.97 Å². The standard InChI is InChI=1S/C28H34N6O5S/c1-33-19(9-11-24(33)39-40(2,36)37)14-38-23-13-20(26-27(31-15-30-26)25(23)28(29)35)17-8-10-22-21(12-17)32-16-34(22)18-6-4-3-5-7-18/h8,10,12-13,15-16,18-19,24H,3-7,9,11,14H2,1-2H3,(H2,29,35)(H,30,31)/t19-,24?/m0/s1. The molecule has 4 aromatic rings. The predicted molar refractivity (Wildman–Crippen MR) is 151 cm³/mol. The molecule has 1 aliphatic carbocycles. The average molecular weight is 567 g/mol. The second kappa shape index (κ2) is 10.5. The third-order valence-corrected chi connectivity index (χ3v) is 8.83. The quantitative estimate of drug-likeness (QED) is 0.305. The van der Waals surface area contributed by atoms with E-state index in [-0.39, 0.29) is 18.2 Å². The highest BCUT2D eigenvalue weighted by molar-refractivity contribution is 7.86. The number of hydrogen-bond acceptors (Lipinski definition) is 8. The van der Waals surface area contributed by atoms with Crippen LogP contribution in [0.3, 0.4) is 0 Å². The monoisotopic (exact) mass is 566 g/mol. The molecule has 0 spiro atoms. The van der Waals surface area contributed by atoms with E-state index in [9.17, 15) is 13.2 Å². The third-order valence-electron chi connectivity index (χ3n) is 8.26. The Kier molecular flexibility index (Phi) is 7.01. The summed E-state index contributed by atoms with van der Waals surface area (Å²) in [5.41, 5.74) is 10.9. The molecule has 1 saturated heterocycles. The van der Waals surface area contributed by atoms with Crippen molar-refractivity contribution < 1.29 is 22.1 Å². The van der Waals surface area contributed by atoms with Crippen LogP contribution in [0.25, 0.3) is 33.2 Å². The van der Waals surface area contributed by atoms with Crippen LogP contribution in [0.5, 0.6) is 5.75 Å². The zero-order chi connectivity index (χ0) is 28.0. The van der Waals surface area contributed by atoms with Gasteiger partial charge in [-0.05, 0) is 56.5 Å². The molecule has 2 aromatic heterocycles. The first kappa shape index (κ1) is 26.7. The van der Waals surface area contributed by atoms with Crippen LogP contribution < -0.4 is 10.5 Å². The van der Waals surface area contributed by atoms with Crippen molar-refractivity contribution in [3.05, 3.63) is 42.5 Å². The number of carbonyl (C=O) groups is 1. The second-order valence-corrected chi connectivity index (χ2v) is 12.5. The molecule has 1 amide bonds. The number of primary amides is 1. The van der Waals surface area contributed by atoms with E-state index in [0.717, 1.165) is 28.4 Å². The fourth-order valence-corrected chi connectivity index (χ4v) is 6.83. The van der Waals surface area contributed by atoms with Crippen molar-refractivity contribution in [3.8, 4) is 16.9 Å². The van der Waals surface area contributed by atoms with Crippen molar-refractivity contribution in [3.63, 3.8) is 0 Å². The summed E-state index contributed by atoms with van der Waals surface area (Å²) in [5, 5.41) is 0. The molecule has 0 radical (unpaired) electrons. The number of hydrogen-bond donors (Lipinski definition) is 2. The number of aromatic amines is 1. The maximum atomic E-state index is 12.6. The van der Waals surface area contributed by atoms with Crippen molar-refractivity contribution in [2.24, 2.45) is 5.73 Å². The number of benzene rings is 2. The van der Waals surface area contributed by atoms with Gasteiger partial charge in [0.05, 0.1) is 41.0 Å². The Bertz CT molecular complexity index is 1670. The minimum Gasteiger partial charge on any atom is -0.491 e. The topological polar surface area (TPSA) is 145 Å². The molecule has 11 nitrogen and oxygen atoms in total. The van der Waals surface area contributed by atoms with E-state index < -0.39 is 22.3 Å². The zero-order valence-corrected chi connectivity index (χ0v) is 23.5. The Morgan fingerprint density at radius 2 is 1.93 bits per heavy atom. The number of ether oxygens (including phenoxy) is 1. The summed E-state index contributed by atoms with van der Waals surface area (Å²) in [4.78, 5) is 26.7. The van der Waals surface area contributed by atoms with Gasteiger partial charge >= 0.3 is 0 Å². The molecule has 2 fully saturated rings. The van der Waals surface area contributed by atoms with Gasteiger partial charge in [0.2, 0.25) is 0 Å². The van der Waals surface area contributed by atoms with Gasteiger partial charge in [-0.15, -0.1) is 0 Å². The van der Waals surface area contributed by atoms with Gasteiger partial charge in [0.15, 0.2) is 0 Å². The van der Waals surface area contributed by atoms with E-state index in [1.807, 2.05) is 23.4 Å². The molecule has 212 valence electrons. The number of rotatable bonds is 8. The molecule has 12 heteroatoms. The van der Waals surface area contributed by atoms with E-state index in [1.54, 1.807) is 13.4 Å². The van der Waals surface area contributed by atoms with Gasteiger partial charge in [0, 0.05) is 17.6 Å². The van der Waals surface area contributed by atoms with Crippen molar-refractivity contribution in [2.75, 3.05) is 19.9 Å². The van der Waals surface area contributed by atoms with E-state index in [1.165, 1.54) is 32.1 Å². The number of carbonyl (C=O) groups excluding carboxylic acids is 1. The number of nitrogens with zero attached hydrogens (tertiary/aromatic N) is 4. The zero-order valence-electron chi connectivity index (χ0n) is 22.7. The Labute approximate surface area is 232 Å². The number of nitrogens with two attached hydrogens (primary N) is 1. The van der Waals surface area contributed by atoms with E-state index >= 15 is 0 Å². The predicted octanol–water partition coefficient (Wildman–Crippen LogP) is 3.96. The maximum Gasteiger partial charge on any atom is 0.265 e. The summed E-state index contributed by atoms with van der Waals surface area (Å²) < 4.78 is 37.0. The lowest BCUT2D eigenvalue weighted by Gasteiger charge is -2.25. The number of likely N-dealkylation sites (tertiary alicyclic amines) is 1. The molecule has 3 N–H and O–H groups in total. The molecule has 6 rings (SSSR count). The Morgan fingerprint density at radius 3 is 2.67 bits per heavy atom. The first-order valence-electron chi connectivity index (χ1n) is 13.7. The van der Waals surface area contributed by atoms with Crippen LogP contribution in [-0.2, 0) is 14.3 Å². The van der Waals surface area contributed by atoms with Crippen LogP contribution in [0.2, 0.25) is 0 Å². The smallest absolute Gasteiger partial charge is 0.265 e. The highest BCUT2D eigenvalue weighted by atomic mass is 32.2. The van der Waals surface area contributed by atoms with Crippen LogP contribution in [0.15, 0.2) is 36.9 Å². The Balaban J connectivity index is 1.33. The van der Waals surface area contributed by atoms with E-state index in [4.69, 9.17) is 19.6 Å². The van der Waals surface area contributed by atoms with Crippen LogP contribution in [0.1, 0.15) is 61.3 Å². The maximum absolute atomic E-state index is 12.6. The summed E-state index contributed by atoms with van der Waals surface area (Å²) in [5.74, 6) is -0.288. The lowest BCUT2D eigenvalue weighted by Crippen LogP contribution is -2.38. The molecular formula is C28H34N6O5S. The Morgan fingerprint density at radius 1 is 1.12 bits per heavy atom. The highest BCUT2D eigenvalue weighted by Crippen LogP contribution is 2.38. The fraction of sp³-hybridized carbons (Fsp3) is 0.464. The summed E-state index contributed by atoms with van der Waals surface area (Å²) in [7, 11) is -1.78. The van der Waals surface area contributed by atoms with Gasteiger partial charge in [-0.3, -0.25) is 13.9 Å². The number of fused-ring (bicyclic) bond motifs is 2. The molecule has 40 heavy (non-hydrogen) atoms. The number of likely N-dealkylation sites (N-methyl/N-ethyl adjacent to an activating group) is 1. The van der Waals surface area contributed by atoms with Crippen LogP contribution in [0, 0.1) is 0 Å². The third kappa shape index (κ3) is 5.06. The molecule has 2 aliphatic rings. The van der Waals surface area contributed by atoms with Crippen molar-refractivity contribution in [1.82, 2.24) is 24.4 Å². The van der Waals surface area contributed by atoms with Crippen molar-refractivity contribution in [1.29, 1.82) is 0 Å². The largest absolute Gasteiger partial charge is 0.491 e. The van der Waals surface area contributed by atoms with Gasteiger partial charge < -0.3 is 20.0 Å². The van der Waals surface area contributed by atoms with Crippen molar-refractivity contribution in [2.45, 2.75) is 63.3 Å². The summed E-state index contributed by atoms with van der Waals surface area (Å²) in [6.45, 7) is 0.227. The molecule has 1 saturated carbocycles. The van der Waals surface area contributed by atoms with Gasteiger partial charge in [0.25, 0.3) is 16.0 Å². The lowest BCUT2D eigenvalue weighted by atomic mass is 9.95. The molecule has 1 aliphatic heterocycles. The summed E-state index contributed by atoms with van der Waals surface area (Å²) in [6, 6.07) is 8.38. The highest BCUT2D eigenvalue weighted by Gasteiger charge is 2.34. The minimum absolute atomic E-state index is 0.103. The number of aromatic nitrogens is 4. The summed E-state index contributed by atoms with van der Waals surface area (Å²) >= 11 is 0. The average Bonchev–Trinajstić information content (AvgIpc) is 3.65. The molecule has 2 aromatic carbocycles. The second-order valence-electron chi connectivity index (χ2n) is 10.9. The van der Waals surface area contributed by atoms with Crippen LogP contribution >= 0.6 is 0 Å². The number of amides is 1. The number of H-pyrrole nitrogens is 1. The molecule has 2 atom stereocenters. The van der Waals surface area contributed by atoms with E-state index in [0.29, 0.717) is 35.7 Å². The van der Waals surface area contributed by atoms with Gasteiger partial charge in [-0.1, -0.05) is 25.3 Å². The minimum atomic E-state index is -3.59. The van der Waals surface area contributed by atoms with Crippen LogP contribution in [-0.4, -0.2) is 70.9 Å². The fourth-order valence-electron chi connectivity index (χ4n) is 6.19. The molecule has 3 heterocycles. The summed E-state index contributed by atoms with van der Waals surface area (Å²) in [6.07, 6.45) is 11.4. The van der Waals surface area contributed by atoms with E-state index in [2.05, 4.69) is 26.7 Å². The first-order valence-corrected chi connectivity index (χ1v) is 15.5. The number of nitrogens with one attached hydrogen (secondary N) is 1. The lowest BCUT2D eigenvalue weighted by molar-refractivity contribution is 0.0526. The number of imidazole rings is 2. The first-order chi connectivity index (χ1) is 19.2. The van der Waals surface area contributed by atoms with Gasteiger partial charge in [-0.2, -0.15) is 8.42 Å². The Hall–Kier alpha value is -3.48. The molecule has 1 unspecified atom stereocenters. The molecule has 0 bridgehead atoms. The van der Waals surface area contributed by atoms with Gasteiger partial charge in [0.1, 0.15) is 24.1 Å². The van der Waals surface area contributed by atoms with Crippen LogP contribution in [0.4, 0.5) is 0 Å². The van der Waals surface area contributed by atoms with Crippen molar-refractivity contribution >= 4 is 38.1 Å².